The van der Waals surface area contributed by atoms with Crippen molar-refractivity contribution in [2.45, 2.75) is 161 Å². The van der Waals surface area contributed by atoms with Crippen LogP contribution in [-0.2, 0) is 234 Å². The quantitative estimate of drug-likeness (QED) is 0.0214. The van der Waals surface area contributed by atoms with E-state index in [-0.39, 0.29) is 5.56 Å². The summed E-state index contributed by atoms with van der Waals surface area (Å²) in [4.78, 5) is 83.9. The second-order valence-corrected chi connectivity index (χ2v) is 37.2. The summed E-state index contributed by atoms with van der Waals surface area (Å²) < 4.78 is 500. The molecule has 1 aromatic rings. The van der Waals surface area contributed by atoms with E-state index in [1.54, 1.807) is 0 Å². The Balaban J connectivity index is 1.71. The van der Waals surface area contributed by atoms with E-state index in [9.17, 15) is 184 Å². The number of rotatable bonds is 40. The Labute approximate surface area is 676 Å². The van der Waals surface area contributed by atoms with Crippen molar-refractivity contribution in [3.8, 4) is 0 Å². The monoisotopic (exact) mass is 1990 g/mol. The van der Waals surface area contributed by atoms with E-state index >= 15 is 0 Å². The molecule has 694 valence electrons. The topological polar surface area (TPSA) is 981 Å². The Kier molecular flexibility index (Phi) is 34.7. The summed E-state index contributed by atoms with van der Waals surface area (Å²) >= 11 is 0. The second kappa shape index (κ2) is 39.8. The Morgan fingerprint density at radius 3 is 0.750 bits per heavy atom. The molecule has 0 aromatic heterocycles. The van der Waals surface area contributed by atoms with Crippen molar-refractivity contribution in [2.75, 3.05) is 33.3 Å². The lowest BCUT2D eigenvalue weighted by atomic mass is 9.92. The number of alkyl carbamates (subject to hydrolysis) is 1. The molecule has 5 amide bonds. The summed E-state index contributed by atoms with van der Waals surface area (Å²) in [7, 11) is -76.2. The number of ether oxygens (including phenoxy) is 6. The molecule has 17 N–H and O–H groups in total. The SMILES string of the molecule is COC(=O)[C@H](Cc1ccccc1)NC(=O)[C@@H]1O[C@H](CNC(=O)[C@@H]2O[C@H](CNC(=O)[C@@H]3O[C@H](CNC(=O)[C@@H]4O[C@H](CNC(=O)OC(C)(C)C)[C@@H](OS(=O)(=O)O)[C@H](OS(=O)(=O)O)[C@H]4OS(=O)(=O)O)[C@@H](OS(=O)(=O)O)[C@H](OS(=O)(=O)O)[C@H]3OS(=O)(=O)O)[C@@H](OS(=O)(=O)O)[C@H](OS(=O)(=O)O)[C@H]2OS(=O)(=O)O)[C@@H](OS(=O)(=O)O)[C@H](OS(=O)(=O)O)[C@H]1OS(=O)(=O)O. The van der Waals surface area contributed by atoms with E-state index in [0.717, 1.165) is 7.11 Å². The molecule has 0 radical (unpaired) electrons. The first-order valence-electron chi connectivity index (χ1n) is 30.7. The van der Waals surface area contributed by atoms with Crippen molar-refractivity contribution in [1.82, 2.24) is 26.6 Å². The molecular weight excluding hydrogens is 1930 g/mol. The van der Waals surface area contributed by atoms with E-state index in [4.69, 9.17) is 23.7 Å². The van der Waals surface area contributed by atoms with Crippen molar-refractivity contribution in [2.24, 2.45) is 0 Å². The number of nitrogens with one attached hydrogen (secondary N) is 5. The number of hydrogen-bond acceptors (Lipinski definition) is 48. The highest BCUT2D eigenvalue weighted by atomic mass is 32.3. The fourth-order valence-corrected chi connectivity index (χ4v) is 17.0. The van der Waals surface area contributed by atoms with E-state index in [0.29, 0.717) is 0 Å². The third-order valence-corrected chi connectivity index (χ3v) is 20.3. The zero-order valence-electron chi connectivity index (χ0n) is 58.9. The average molecular weight is 2000 g/mol. The molecule has 4 fully saturated rings. The number of amides is 5. The average Bonchev–Trinajstić information content (AvgIpc) is 0.773. The smallest absolute Gasteiger partial charge is 0.407 e. The first kappa shape index (κ1) is 105. The second-order valence-electron chi connectivity index (χ2n) is 24.6. The third kappa shape index (κ3) is 35.6. The number of carbonyl (C=O) groups excluding carboxylic acids is 6. The Hall–Kier alpha value is -5.88. The number of benzene rings is 1. The molecule has 120 heavy (non-hydrogen) atoms. The van der Waals surface area contributed by atoms with Crippen molar-refractivity contribution in [3.05, 3.63) is 35.9 Å². The number of carbonyl (C=O) groups is 6. The normalized spacial score (nSPS) is 28.9. The van der Waals surface area contributed by atoms with Crippen LogP contribution >= 0.6 is 0 Å². The third-order valence-electron chi connectivity index (χ3n) is 14.7. The Morgan fingerprint density at radius 1 is 0.325 bits per heavy atom. The molecule has 1 aromatic carbocycles. The van der Waals surface area contributed by atoms with Gasteiger partial charge in [-0.05, 0) is 26.3 Å². The standard InChI is InChI=1S/C43H65N5O60S12/c1-43(2,3)96-42(54)47-14-20-24(100-112(64,65)66)27(103-115(73,74)75)31(107-119(85,86)87)35(94-20)39(51)45-12-18-22(98-110(58,59)60)25(101-113(67,68)69)29(105-117(79,80)81)33(92-18)37(49)44-11-17-21(97-109(55,56)57)26(102-114(70,71)72)30(106-118(82,83)84)34(93-17)38(50)46-13-19-23(99-111(61,62)63)28(104-116(76,77)78)32(108-120(88,89)90)36(95-19)40(52)48-16(41(53)91-4)10-15-8-6-5-7-9-15/h5-9,16-36H,10-14H2,1-4H3,(H,44,49)(H,45,51)(H,46,50)(H,47,54)(H,48,52)(H,55,56,57)(H,58,59,60)(H,61,62,63)(H,64,65,66)(H,67,68,69)(H,70,71,72)(H,73,74,75)(H,76,77,78)(H,79,80,81)(H,82,83,84)(H,85,86,87)(H,88,89,90)/t16-,17+,18+,19+,20+,21+,22+,23+,24+,25-,26-,27-,28-,29+,30+,31+,32+,33+,34+,35+,36+/m0/s1. The maximum Gasteiger partial charge on any atom is 0.407 e. The van der Waals surface area contributed by atoms with Gasteiger partial charge in [0.05, 0.1) is 7.11 Å². The molecule has 4 aliphatic heterocycles. The zero-order valence-corrected chi connectivity index (χ0v) is 68.7. The van der Waals surface area contributed by atoms with Crippen molar-refractivity contribution >= 4 is 160 Å². The summed E-state index contributed by atoms with van der Waals surface area (Å²) in [5.74, 6) is -10.7. The van der Waals surface area contributed by atoms with Crippen molar-refractivity contribution < 1.29 is 263 Å². The van der Waals surface area contributed by atoms with Gasteiger partial charge in [-0.2, -0.15) is 101 Å². The summed E-state index contributed by atoms with van der Waals surface area (Å²) in [6.07, 6.45) is -70.0. The lowest BCUT2D eigenvalue weighted by molar-refractivity contribution is -0.211. The highest BCUT2D eigenvalue weighted by molar-refractivity contribution is 7.83. The van der Waals surface area contributed by atoms with E-state index in [2.05, 4.69) is 54.9 Å². The molecular formula is C43H65N5O60S12. The molecule has 4 aliphatic rings. The zero-order chi connectivity index (χ0) is 92.0. The van der Waals surface area contributed by atoms with Crippen LogP contribution in [-0.4, -0.2) is 358 Å². The molecule has 0 spiro atoms. The minimum absolute atomic E-state index is 0.147. The molecule has 0 saturated carbocycles. The van der Waals surface area contributed by atoms with Crippen molar-refractivity contribution in [1.29, 1.82) is 0 Å². The molecule has 65 nitrogen and oxygen atoms in total. The van der Waals surface area contributed by atoms with Crippen LogP contribution in [0.4, 0.5) is 4.79 Å². The predicted octanol–water partition coefficient (Wildman–Crippen LogP) is -11.9. The van der Waals surface area contributed by atoms with Crippen LogP contribution in [0.2, 0.25) is 0 Å². The van der Waals surface area contributed by atoms with Crippen LogP contribution in [0.3, 0.4) is 0 Å². The van der Waals surface area contributed by atoms with Gasteiger partial charge in [-0.25, -0.2) is 59.8 Å². The minimum atomic E-state index is -6.58. The maximum atomic E-state index is 14.7. The number of esters is 1. The van der Waals surface area contributed by atoms with E-state index < -0.39 is 327 Å². The van der Waals surface area contributed by atoms with Gasteiger partial charge in [0.2, 0.25) is 0 Å². The first-order valence-corrected chi connectivity index (χ1v) is 47.1. The largest absolute Gasteiger partial charge is 0.467 e. The predicted molar refractivity (Wildman–Crippen MR) is 359 cm³/mol. The number of methoxy groups -OCH3 is 1. The Bertz CT molecular complexity index is 5370. The molecule has 4 heterocycles. The minimum Gasteiger partial charge on any atom is -0.467 e. The summed E-state index contributed by atoms with van der Waals surface area (Å²) in [6.45, 7) is -3.95. The van der Waals surface area contributed by atoms with Crippen LogP contribution < -0.4 is 26.6 Å². The van der Waals surface area contributed by atoms with Gasteiger partial charge in [0, 0.05) is 32.6 Å². The molecule has 4 saturated heterocycles. The van der Waals surface area contributed by atoms with Gasteiger partial charge in [-0.15, -0.1) is 0 Å². The highest BCUT2D eigenvalue weighted by Crippen LogP contribution is 2.37. The first-order chi connectivity index (χ1) is 54.0. The Morgan fingerprint density at radius 2 is 0.533 bits per heavy atom. The van der Waals surface area contributed by atoms with Crippen LogP contribution in [0.25, 0.3) is 0 Å². The molecule has 0 bridgehead atoms. The molecule has 21 atom stereocenters. The summed E-state index contributed by atoms with van der Waals surface area (Å²) in [6, 6.07) is 4.78. The van der Waals surface area contributed by atoms with Crippen molar-refractivity contribution in [3.63, 3.8) is 0 Å². The summed E-state index contributed by atoms with van der Waals surface area (Å²) in [5, 5.41) is 8.18. The molecule has 5 rings (SSSR count). The van der Waals surface area contributed by atoms with Gasteiger partial charge in [-0.3, -0.25) is 73.8 Å². The van der Waals surface area contributed by atoms with Gasteiger partial charge >= 0.3 is 137 Å². The number of hydrogen-bond donors (Lipinski definition) is 17. The van der Waals surface area contributed by atoms with Gasteiger partial charge in [-0.1, -0.05) is 30.3 Å². The van der Waals surface area contributed by atoms with E-state index in [1.807, 2.05) is 10.6 Å². The van der Waals surface area contributed by atoms with Gasteiger partial charge < -0.3 is 55.0 Å². The fraction of sp³-hybridized carbons (Fsp3) is 0.721. The maximum absolute atomic E-state index is 14.7. The molecule has 0 unspecified atom stereocenters. The lowest BCUT2D eigenvalue weighted by Crippen LogP contribution is -2.69. The van der Waals surface area contributed by atoms with Crippen LogP contribution in [0.5, 0.6) is 0 Å². The highest BCUT2D eigenvalue weighted by Gasteiger charge is 2.62. The summed E-state index contributed by atoms with van der Waals surface area (Å²) in [5.41, 5.74) is -1.30. The molecule has 0 aliphatic carbocycles. The van der Waals surface area contributed by atoms with E-state index in [1.165, 1.54) is 67.1 Å². The van der Waals surface area contributed by atoms with Crippen LogP contribution in [0.15, 0.2) is 30.3 Å². The van der Waals surface area contributed by atoms with Gasteiger partial charge in [0.15, 0.2) is 24.4 Å². The lowest BCUT2D eigenvalue weighted by Gasteiger charge is -2.45. The van der Waals surface area contributed by atoms with Crippen LogP contribution in [0, 0.1) is 0 Å². The van der Waals surface area contributed by atoms with Gasteiger partial charge in [0.25, 0.3) is 23.6 Å². The van der Waals surface area contributed by atoms with Gasteiger partial charge in [0.1, 0.15) is 109 Å². The molecule has 77 heteroatoms. The van der Waals surface area contributed by atoms with Crippen LogP contribution in [0.1, 0.15) is 26.3 Å². The fourth-order valence-electron chi connectivity index (χ4n) is 11.0.